The predicted octanol–water partition coefficient (Wildman–Crippen LogP) is 29.8. The number of hydrogen-bond acceptors (Lipinski definition) is 5. The van der Waals surface area contributed by atoms with E-state index in [1.54, 1.807) is 6.08 Å². The average Bonchev–Trinajstić information content (AvgIpc) is 3.54. The molecule has 2 atom stereocenters. The molecule has 0 fully saturated rings. The maximum atomic E-state index is 12.6. The van der Waals surface area contributed by atoms with Gasteiger partial charge in [0.1, 0.15) is 0 Å². The lowest BCUT2D eigenvalue weighted by atomic mass is 10.0. The Kier molecular flexibility index (Phi) is 83.8. The molecule has 2 unspecified atom stereocenters. The lowest BCUT2D eigenvalue weighted by Gasteiger charge is -2.20. The summed E-state index contributed by atoms with van der Waals surface area (Å²) in [6.45, 7) is 4.98. The number of nitrogens with one attached hydrogen (secondary N) is 1. The molecule has 6 nitrogen and oxygen atoms in total. The van der Waals surface area contributed by atoms with Gasteiger partial charge in [-0.3, -0.25) is 9.59 Å². The largest absolute Gasteiger partial charge is 0.466 e. The van der Waals surface area contributed by atoms with Gasteiger partial charge in [0.25, 0.3) is 0 Å². The van der Waals surface area contributed by atoms with Crippen LogP contribution < -0.4 is 5.32 Å². The van der Waals surface area contributed by atoms with E-state index >= 15 is 0 Å². The van der Waals surface area contributed by atoms with Crippen LogP contribution in [0.25, 0.3) is 0 Å². The molecular weight excluding hydrogens is 1160 g/mol. The van der Waals surface area contributed by atoms with Gasteiger partial charge in [-0.25, -0.2) is 0 Å². The van der Waals surface area contributed by atoms with Crippen molar-refractivity contribution in [2.24, 2.45) is 0 Å². The molecule has 0 saturated heterocycles. The Morgan fingerprint density at radius 2 is 0.484 bits per heavy atom. The van der Waals surface area contributed by atoms with Crippen LogP contribution in [0, 0.1) is 0 Å². The fourth-order valence-electron chi connectivity index (χ4n) is 14.6. The van der Waals surface area contributed by atoms with Crippen molar-refractivity contribution in [1.29, 1.82) is 0 Å². The highest BCUT2D eigenvalue weighted by Gasteiger charge is 2.18. The monoisotopic (exact) mass is 1340 g/mol. The van der Waals surface area contributed by atoms with Crippen molar-refractivity contribution in [2.75, 3.05) is 13.2 Å². The summed E-state index contributed by atoms with van der Waals surface area (Å²) in [6, 6.07) is -0.624. The molecule has 0 aromatic rings. The van der Waals surface area contributed by atoms with Crippen LogP contribution in [0.1, 0.15) is 521 Å². The van der Waals surface area contributed by atoms with Gasteiger partial charge in [0.2, 0.25) is 5.91 Å². The fraction of sp³-hybridized carbons (Fsp3) is 0.955. The summed E-state index contributed by atoms with van der Waals surface area (Å²) in [5.41, 5.74) is 0. The first-order valence-electron chi connectivity index (χ1n) is 44.5. The second-order valence-electron chi connectivity index (χ2n) is 30.9. The molecule has 0 aromatic carbocycles. The van der Waals surface area contributed by atoms with Gasteiger partial charge in [0.15, 0.2) is 0 Å². The maximum absolute atomic E-state index is 12.6. The van der Waals surface area contributed by atoms with Crippen LogP contribution in [0.3, 0.4) is 0 Å². The van der Waals surface area contributed by atoms with Crippen molar-refractivity contribution < 1.29 is 24.5 Å². The minimum absolute atomic E-state index is 0.0287. The number of aliphatic hydroxyl groups is 2. The van der Waals surface area contributed by atoms with Gasteiger partial charge in [0, 0.05) is 12.8 Å². The summed E-state index contributed by atoms with van der Waals surface area (Å²) >= 11 is 0. The molecule has 0 saturated carbocycles. The normalized spacial score (nSPS) is 12.4. The average molecular weight is 1340 g/mol. The molecule has 3 N–H and O–H groups in total. The smallest absolute Gasteiger partial charge is 0.305 e. The van der Waals surface area contributed by atoms with Crippen molar-refractivity contribution in [3.05, 3.63) is 12.2 Å². The minimum Gasteiger partial charge on any atom is -0.466 e. The topological polar surface area (TPSA) is 95.9 Å². The quantitative estimate of drug-likeness (QED) is 0.0320. The molecule has 1 amide bonds. The van der Waals surface area contributed by atoms with Crippen LogP contribution in [-0.4, -0.2) is 47.4 Å². The summed E-state index contributed by atoms with van der Waals surface area (Å²) in [5, 5.41) is 23.3. The molecule has 0 spiro atoms. The first-order chi connectivity index (χ1) is 47.0. The molecule has 6 heteroatoms. The first kappa shape index (κ1) is 93.6. The van der Waals surface area contributed by atoms with E-state index in [9.17, 15) is 19.8 Å². The highest BCUT2D eigenvalue weighted by Crippen LogP contribution is 2.21. The summed E-state index contributed by atoms with van der Waals surface area (Å²) in [7, 11) is 0. The van der Waals surface area contributed by atoms with Crippen molar-refractivity contribution in [2.45, 2.75) is 533 Å². The number of esters is 1. The maximum Gasteiger partial charge on any atom is 0.305 e. The SMILES string of the molecule is CCCCCCCCCCCCCCCCCCCCCCCC/C=C/C(O)C(CO)NC(=O)CCCCCCCCCCCCCCCCCCCCCCCCCCCCCCCCCCCCCCCOC(=O)CCCCCCCCCCCCCCCCCCC. The lowest BCUT2D eigenvalue weighted by molar-refractivity contribution is -0.143. The van der Waals surface area contributed by atoms with E-state index in [0.29, 0.717) is 19.4 Å². The molecule has 0 aromatic heterocycles. The number of carbonyl (C=O) groups is 2. The minimum atomic E-state index is -0.842. The van der Waals surface area contributed by atoms with Gasteiger partial charge in [-0.15, -0.1) is 0 Å². The van der Waals surface area contributed by atoms with Crippen molar-refractivity contribution in [3.63, 3.8) is 0 Å². The van der Waals surface area contributed by atoms with E-state index in [0.717, 1.165) is 38.5 Å². The van der Waals surface area contributed by atoms with Crippen LogP contribution in [0.15, 0.2) is 12.2 Å². The number of rotatable bonds is 85. The fourth-order valence-corrected chi connectivity index (χ4v) is 14.6. The third-order valence-corrected chi connectivity index (χ3v) is 21.3. The third kappa shape index (κ3) is 81.5. The predicted molar refractivity (Wildman–Crippen MR) is 421 cm³/mol. The molecular formula is C89H175NO5. The van der Waals surface area contributed by atoms with E-state index < -0.39 is 12.1 Å². The number of ether oxygens (including phenoxy) is 1. The van der Waals surface area contributed by atoms with Gasteiger partial charge in [-0.05, 0) is 32.1 Å². The number of allylic oxidation sites excluding steroid dienone is 1. The Morgan fingerprint density at radius 3 is 0.716 bits per heavy atom. The third-order valence-electron chi connectivity index (χ3n) is 21.3. The zero-order valence-corrected chi connectivity index (χ0v) is 65.2. The van der Waals surface area contributed by atoms with Crippen molar-refractivity contribution in [1.82, 2.24) is 5.32 Å². The van der Waals surface area contributed by atoms with Gasteiger partial charge < -0.3 is 20.3 Å². The van der Waals surface area contributed by atoms with Gasteiger partial charge >= 0.3 is 5.97 Å². The van der Waals surface area contributed by atoms with Crippen LogP contribution >= 0.6 is 0 Å². The van der Waals surface area contributed by atoms with E-state index in [4.69, 9.17) is 4.74 Å². The number of carbonyl (C=O) groups excluding carboxylic acids is 2. The molecule has 0 radical (unpaired) electrons. The van der Waals surface area contributed by atoms with Crippen molar-refractivity contribution in [3.8, 4) is 0 Å². The Hall–Kier alpha value is -1.40. The second-order valence-corrected chi connectivity index (χ2v) is 30.9. The standard InChI is InChI=1S/C89H175NO5/c1-3-5-7-9-11-13-15-17-19-21-22-23-24-40-43-46-50-53-57-61-65-69-73-77-81-87(92)86(85-91)90-88(93)82-78-74-70-66-62-58-54-51-47-44-41-38-36-34-32-30-28-26-25-27-29-31-33-35-37-39-42-45-48-52-56-60-64-68-72-76-80-84-95-89(94)83-79-75-71-67-63-59-55-49-20-18-16-14-12-10-8-6-4-2/h77,81,86-87,91-92H,3-76,78-80,82-85H2,1-2H3,(H,90,93)/b81-77+. The molecule has 0 rings (SSSR count). The summed E-state index contributed by atoms with van der Waals surface area (Å²) in [6.07, 6.45) is 110. The van der Waals surface area contributed by atoms with Crippen LogP contribution in [0.5, 0.6) is 0 Å². The molecule has 0 aliphatic carbocycles. The molecule has 566 valence electrons. The lowest BCUT2D eigenvalue weighted by Crippen LogP contribution is -2.45. The van der Waals surface area contributed by atoms with E-state index in [2.05, 4.69) is 19.2 Å². The molecule has 0 aliphatic heterocycles. The van der Waals surface area contributed by atoms with Crippen LogP contribution in [-0.2, 0) is 14.3 Å². The van der Waals surface area contributed by atoms with Crippen molar-refractivity contribution >= 4 is 11.9 Å². The number of aliphatic hydroxyl groups excluding tert-OH is 2. The van der Waals surface area contributed by atoms with Gasteiger partial charge in [0.05, 0.1) is 25.4 Å². The number of hydrogen-bond donors (Lipinski definition) is 3. The first-order valence-corrected chi connectivity index (χ1v) is 44.5. The second kappa shape index (κ2) is 85.0. The van der Waals surface area contributed by atoms with E-state index in [1.165, 1.54) is 456 Å². The highest BCUT2D eigenvalue weighted by atomic mass is 16.5. The Morgan fingerprint density at radius 1 is 0.284 bits per heavy atom. The van der Waals surface area contributed by atoms with E-state index in [-0.39, 0.29) is 18.5 Å². The summed E-state index contributed by atoms with van der Waals surface area (Å²) in [5.74, 6) is -0.0272. The molecule has 0 aliphatic rings. The van der Waals surface area contributed by atoms with Gasteiger partial charge in [-0.1, -0.05) is 488 Å². The summed E-state index contributed by atoms with van der Waals surface area (Å²) < 4.78 is 5.52. The van der Waals surface area contributed by atoms with E-state index in [1.807, 2.05) is 6.08 Å². The number of unbranched alkanes of at least 4 members (excludes halogenated alkanes) is 74. The van der Waals surface area contributed by atoms with Crippen LogP contribution in [0.2, 0.25) is 0 Å². The number of amides is 1. The van der Waals surface area contributed by atoms with Crippen LogP contribution in [0.4, 0.5) is 0 Å². The van der Waals surface area contributed by atoms with Gasteiger partial charge in [-0.2, -0.15) is 0 Å². The zero-order valence-electron chi connectivity index (χ0n) is 65.2. The molecule has 0 bridgehead atoms. The highest BCUT2D eigenvalue weighted by molar-refractivity contribution is 5.76. The Labute approximate surface area is 597 Å². The Bertz CT molecular complexity index is 1450. The molecule has 95 heavy (non-hydrogen) atoms. The summed E-state index contributed by atoms with van der Waals surface area (Å²) in [4.78, 5) is 24.7. The molecule has 0 heterocycles. The Balaban J connectivity index is 3.31. The zero-order chi connectivity index (χ0) is 68.4.